The molecule has 2 aromatic rings. The van der Waals surface area contributed by atoms with Gasteiger partial charge >= 0.3 is 0 Å². The molecule has 1 atom stereocenters. The van der Waals surface area contributed by atoms with Crippen molar-refractivity contribution in [2.75, 3.05) is 13.2 Å². The Morgan fingerprint density at radius 1 is 1.10 bits per heavy atom. The first-order valence-corrected chi connectivity index (χ1v) is 11.0. The molecule has 1 aliphatic heterocycles. The Bertz CT molecular complexity index is 912. The summed E-state index contributed by atoms with van der Waals surface area (Å²) in [5.41, 5.74) is 1.94. The Labute approximate surface area is 181 Å². The molecule has 1 heterocycles. The van der Waals surface area contributed by atoms with E-state index in [2.05, 4.69) is 6.92 Å². The van der Waals surface area contributed by atoms with Crippen molar-refractivity contribution in [3.63, 3.8) is 0 Å². The number of thiocarbonyl (C=S) groups is 1. The van der Waals surface area contributed by atoms with Crippen molar-refractivity contribution in [3.8, 4) is 11.5 Å². The Balaban J connectivity index is 1.84. The number of hydrogen-bond acceptors (Lipinski definition) is 5. The highest BCUT2D eigenvalue weighted by atomic mass is 32.2. The fraction of sp³-hybridized carbons (Fsp3) is 0.304. The molecule has 4 nitrogen and oxygen atoms in total. The topological polar surface area (TPSA) is 38.8 Å². The third-order valence-electron chi connectivity index (χ3n) is 4.52. The lowest BCUT2D eigenvalue weighted by atomic mass is 10.1. The first-order valence-electron chi connectivity index (χ1n) is 9.76. The van der Waals surface area contributed by atoms with Crippen molar-refractivity contribution >= 4 is 40.3 Å². The van der Waals surface area contributed by atoms with Crippen LogP contribution in [-0.2, 0) is 4.79 Å². The highest BCUT2D eigenvalue weighted by molar-refractivity contribution is 8.26. The summed E-state index contributed by atoms with van der Waals surface area (Å²) in [5.74, 6) is 1.33. The normalized spacial score (nSPS) is 16.4. The van der Waals surface area contributed by atoms with Crippen LogP contribution in [0.2, 0.25) is 0 Å². The summed E-state index contributed by atoms with van der Waals surface area (Å²) >= 11 is 6.84. The number of hydrogen-bond donors (Lipinski definition) is 0. The van der Waals surface area contributed by atoms with Gasteiger partial charge in [-0.1, -0.05) is 67.3 Å². The summed E-state index contributed by atoms with van der Waals surface area (Å²) in [4.78, 5) is 15.3. The van der Waals surface area contributed by atoms with Gasteiger partial charge in [-0.2, -0.15) is 0 Å². The Morgan fingerprint density at radius 2 is 1.86 bits per heavy atom. The van der Waals surface area contributed by atoms with E-state index in [-0.39, 0.29) is 11.9 Å². The van der Waals surface area contributed by atoms with E-state index in [1.165, 1.54) is 11.8 Å². The number of amides is 1. The molecule has 6 heteroatoms. The third kappa shape index (κ3) is 5.00. The molecule has 2 aromatic carbocycles. The van der Waals surface area contributed by atoms with Crippen LogP contribution < -0.4 is 9.47 Å². The number of rotatable bonds is 8. The molecule has 1 fully saturated rings. The molecule has 152 valence electrons. The van der Waals surface area contributed by atoms with E-state index in [1.807, 2.05) is 68.5 Å². The smallest absolute Gasteiger partial charge is 0.266 e. The predicted molar refractivity (Wildman–Crippen MR) is 123 cm³/mol. The summed E-state index contributed by atoms with van der Waals surface area (Å²) in [6.45, 7) is 7.17. The molecule has 0 aliphatic carbocycles. The highest BCUT2D eigenvalue weighted by Gasteiger charge is 2.35. The zero-order valence-electron chi connectivity index (χ0n) is 16.9. The number of carbonyl (C=O) groups is 1. The average molecular weight is 428 g/mol. The van der Waals surface area contributed by atoms with Gasteiger partial charge in [-0.25, -0.2) is 0 Å². The maximum Gasteiger partial charge on any atom is 0.266 e. The van der Waals surface area contributed by atoms with Crippen molar-refractivity contribution in [1.29, 1.82) is 0 Å². The van der Waals surface area contributed by atoms with Crippen LogP contribution in [0.3, 0.4) is 0 Å². The maximum atomic E-state index is 13.0. The maximum absolute atomic E-state index is 13.0. The lowest BCUT2D eigenvalue weighted by molar-refractivity contribution is -0.123. The average Bonchev–Trinajstić information content (AvgIpc) is 3.00. The van der Waals surface area contributed by atoms with Gasteiger partial charge in [0.15, 0.2) is 11.5 Å². The van der Waals surface area contributed by atoms with Crippen molar-refractivity contribution < 1.29 is 14.3 Å². The van der Waals surface area contributed by atoms with Crippen molar-refractivity contribution in [3.05, 3.63) is 64.6 Å². The van der Waals surface area contributed by atoms with Crippen LogP contribution in [0.5, 0.6) is 11.5 Å². The van der Waals surface area contributed by atoms with Gasteiger partial charge in [-0.3, -0.25) is 9.69 Å². The molecule has 0 aromatic heterocycles. The van der Waals surface area contributed by atoms with E-state index < -0.39 is 0 Å². The molecule has 0 saturated carbocycles. The first-order chi connectivity index (χ1) is 14.0. The van der Waals surface area contributed by atoms with Crippen LogP contribution in [-0.4, -0.2) is 28.3 Å². The lowest BCUT2D eigenvalue weighted by Crippen LogP contribution is -2.30. The second kappa shape index (κ2) is 9.94. The van der Waals surface area contributed by atoms with E-state index in [4.69, 9.17) is 21.7 Å². The van der Waals surface area contributed by atoms with Crippen LogP contribution in [0.1, 0.15) is 44.4 Å². The Kier molecular flexibility index (Phi) is 7.34. The SMILES string of the molecule is CCCOc1ccc(/C=C2\SC(=S)N(C(C)c3ccccc3)C2=O)cc1OCC. The number of thioether (sulfide) groups is 1. The minimum atomic E-state index is -0.113. The van der Waals surface area contributed by atoms with Gasteiger partial charge in [0.1, 0.15) is 4.32 Å². The number of carbonyl (C=O) groups excluding carboxylic acids is 1. The molecule has 1 saturated heterocycles. The summed E-state index contributed by atoms with van der Waals surface area (Å²) < 4.78 is 12.0. The van der Waals surface area contributed by atoms with Gasteiger partial charge in [-0.05, 0) is 49.6 Å². The third-order valence-corrected chi connectivity index (χ3v) is 5.85. The summed E-state index contributed by atoms with van der Waals surface area (Å²) in [6, 6.07) is 15.5. The van der Waals surface area contributed by atoms with Gasteiger partial charge in [0.05, 0.1) is 24.2 Å². The molecule has 1 aliphatic rings. The summed E-state index contributed by atoms with van der Waals surface area (Å²) in [6.07, 6.45) is 2.79. The van der Waals surface area contributed by atoms with Crippen LogP contribution in [0.15, 0.2) is 53.4 Å². The van der Waals surface area contributed by atoms with Gasteiger partial charge in [0.25, 0.3) is 5.91 Å². The van der Waals surface area contributed by atoms with Gasteiger partial charge in [0.2, 0.25) is 0 Å². The first kappa shape index (κ1) is 21.4. The Hall–Kier alpha value is -2.31. The van der Waals surface area contributed by atoms with Gasteiger partial charge < -0.3 is 9.47 Å². The molecule has 0 radical (unpaired) electrons. The van der Waals surface area contributed by atoms with Gasteiger partial charge in [0, 0.05) is 0 Å². The molecular weight excluding hydrogens is 402 g/mol. The fourth-order valence-corrected chi connectivity index (χ4v) is 4.48. The predicted octanol–water partition coefficient (Wildman–Crippen LogP) is 5.84. The van der Waals surface area contributed by atoms with Crippen LogP contribution in [0.25, 0.3) is 6.08 Å². The van der Waals surface area contributed by atoms with E-state index in [0.29, 0.717) is 28.2 Å². The quantitative estimate of drug-likeness (QED) is 0.391. The van der Waals surface area contributed by atoms with Crippen LogP contribution in [0, 0.1) is 0 Å². The molecule has 1 unspecified atom stereocenters. The molecule has 0 spiro atoms. The van der Waals surface area contributed by atoms with Crippen molar-refractivity contribution in [2.45, 2.75) is 33.2 Å². The fourth-order valence-electron chi connectivity index (χ4n) is 3.06. The van der Waals surface area contributed by atoms with E-state index in [1.54, 1.807) is 4.90 Å². The van der Waals surface area contributed by atoms with Crippen molar-refractivity contribution in [2.24, 2.45) is 0 Å². The van der Waals surface area contributed by atoms with E-state index >= 15 is 0 Å². The second-order valence-electron chi connectivity index (χ2n) is 6.63. The summed E-state index contributed by atoms with van der Waals surface area (Å²) in [7, 11) is 0. The van der Waals surface area contributed by atoms with Crippen LogP contribution >= 0.6 is 24.0 Å². The zero-order valence-corrected chi connectivity index (χ0v) is 18.5. The minimum Gasteiger partial charge on any atom is -0.490 e. The molecule has 1 amide bonds. The number of benzene rings is 2. The monoisotopic (exact) mass is 427 g/mol. The minimum absolute atomic E-state index is 0.0689. The lowest BCUT2D eigenvalue weighted by Gasteiger charge is -2.23. The van der Waals surface area contributed by atoms with Gasteiger partial charge in [-0.15, -0.1) is 0 Å². The van der Waals surface area contributed by atoms with Crippen molar-refractivity contribution in [1.82, 2.24) is 4.90 Å². The largest absolute Gasteiger partial charge is 0.490 e. The second-order valence-corrected chi connectivity index (χ2v) is 8.30. The van der Waals surface area contributed by atoms with E-state index in [9.17, 15) is 4.79 Å². The molecule has 0 bridgehead atoms. The molecule has 0 N–H and O–H groups in total. The number of nitrogens with zero attached hydrogens (tertiary/aromatic N) is 1. The Morgan fingerprint density at radius 3 is 2.55 bits per heavy atom. The summed E-state index contributed by atoms with van der Waals surface area (Å²) in [5, 5.41) is 0. The molecule has 3 rings (SSSR count). The standard InChI is InChI=1S/C23H25NO3S2/c1-4-13-27-19-12-11-17(14-20(19)26-5-2)15-21-22(25)24(23(28)29-21)16(3)18-9-7-6-8-10-18/h6-12,14-16H,4-5,13H2,1-3H3/b21-15-. The zero-order chi connectivity index (χ0) is 20.8. The van der Waals surface area contributed by atoms with E-state index in [0.717, 1.165) is 23.3 Å². The highest BCUT2D eigenvalue weighted by Crippen LogP contribution is 2.39. The molecule has 29 heavy (non-hydrogen) atoms. The number of ether oxygens (including phenoxy) is 2. The molecular formula is C23H25NO3S2. The van der Waals surface area contributed by atoms with Crippen LogP contribution in [0.4, 0.5) is 0 Å².